The monoisotopic (exact) mass is 343 g/mol. The van der Waals surface area contributed by atoms with Crippen molar-refractivity contribution in [3.63, 3.8) is 0 Å². The van der Waals surface area contributed by atoms with Crippen molar-refractivity contribution in [2.75, 3.05) is 6.61 Å². The average Bonchev–Trinajstić information content (AvgIpc) is 2.60. The van der Waals surface area contributed by atoms with E-state index in [2.05, 4.69) is 10.5 Å². The number of phenolic OH excluding ortho intramolecular Hbond substituents is 2. The summed E-state index contributed by atoms with van der Waals surface area (Å²) in [4.78, 5) is 12.0. The number of aromatic hydroxyl groups is 2. The summed E-state index contributed by atoms with van der Waals surface area (Å²) in [7, 11) is 0. The number of ether oxygens (including phenoxy) is 1. The summed E-state index contributed by atoms with van der Waals surface area (Å²) in [5, 5.41) is 23.1. The second kappa shape index (κ2) is 8.70. The fraction of sp³-hybridized carbons (Fsp3) is 0.222. The maximum atomic E-state index is 12.0. The average molecular weight is 343 g/mol. The number of nitrogens with one attached hydrogen (secondary N) is 1. The minimum atomic E-state index is -0.787. The standard InChI is InChI=1S/C18H21N3O4/c1-2-25-16-5-3-4-13(17(16)23)11-20-21-18(24)15(19)10-12-6-8-14(22)9-7-12/h3-9,11,15,22-23H,2,10,19H2,1H3,(H,21,24)/b20-11+. The van der Waals surface area contributed by atoms with Gasteiger partial charge in [-0.3, -0.25) is 4.79 Å². The molecule has 5 N–H and O–H groups in total. The highest BCUT2D eigenvalue weighted by molar-refractivity contribution is 5.87. The van der Waals surface area contributed by atoms with E-state index in [1.54, 1.807) is 30.3 Å². The fourth-order valence-corrected chi connectivity index (χ4v) is 2.14. The summed E-state index contributed by atoms with van der Waals surface area (Å²) in [6.07, 6.45) is 1.63. The molecule has 7 nitrogen and oxygen atoms in total. The molecule has 1 unspecified atom stereocenters. The van der Waals surface area contributed by atoms with Gasteiger partial charge >= 0.3 is 0 Å². The molecule has 1 atom stereocenters. The lowest BCUT2D eigenvalue weighted by molar-refractivity contribution is -0.122. The van der Waals surface area contributed by atoms with E-state index in [1.165, 1.54) is 18.3 Å². The van der Waals surface area contributed by atoms with E-state index in [0.717, 1.165) is 5.56 Å². The van der Waals surface area contributed by atoms with Crippen LogP contribution in [-0.2, 0) is 11.2 Å². The normalized spacial score (nSPS) is 12.1. The maximum Gasteiger partial charge on any atom is 0.257 e. The molecule has 2 rings (SSSR count). The number of rotatable bonds is 7. The molecule has 132 valence electrons. The van der Waals surface area contributed by atoms with E-state index in [9.17, 15) is 15.0 Å². The van der Waals surface area contributed by atoms with Crippen molar-refractivity contribution in [3.8, 4) is 17.2 Å². The van der Waals surface area contributed by atoms with Gasteiger partial charge in [0.2, 0.25) is 0 Å². The zero-order valence-corrected chi connectivity index (χ0v) is 13.8. The second-order valence-electron chi connectivity index (χ2n) is 5.34. The van der Waals surface area contributed by atoms with E-state index >= 15 is 0 Å². The first kappa shape index (κ1) is 18.3. The zero-order valence-electron chi connectivity index (χ0n) is 13.8. The molecule has 0 aliphatic rings. The molecule has 0 radical (unpaired) electrons. The van der Waals surface area contributed by atoms with Crippen LogP contribution in [0, 0.1) is 0 Å². The van der Waals surface area contributed by atoms with Crippen LogP contribution in [0.2, 0.25) is 0 Å². The fourth-order valence-electron chi connectivity index (χ4n) is 2.14. The van der Waals surface area contributed by atoms with Crippen molar-refractivity contribution < 1.29 is 19.7 Å². The Hall–Kier alpha value is -3.06. The van der Waals surface area contributed by atoms with Gasteiger partial charge in [-0.05, 0) is 43.2 Å². The summed E-state index contributed by atoms with van der Waals surface area (Å²) in [5.41, 5.74) is 9.43. The summed E-state index contributed by atoms with van der Waals surface area (Å²) in [6.45, 7) is 2.24. The largest absolute Gasteiger partial charge is 0.508 e. The Kier molecular flexibility index (Phi) is 6.36. The molecular formula is C18H21N3O4. The number of hydrogen-bond donors (Lipinski definition) is 4. The lowest BCUT2D eigenvalue weighted by Crippen LogP contribution is -2.39. The minimum absolute atomic E-state index is 0.0456. The van der Waals surface area contributed by atoms with Crippen LogP contribution in [0.25, 0.3) is 0 Å². The molecule has 2 aromatic rings. The Morgan fingerprint density at radius 1 is 1.28 bits per heavy atom. The summed E-state index contributed by atoms with van der Waals surface area (Å²) in [5.74, 6) is 0.00258. The molecule has 25 heavy (non-hydrogen) atoms. The molecule has 0 bridgehead atoms. The Bertz CT molecular complexity index is 744. The molecule has 0 spiro atoms. The minimum Gasteiger partial charge on any atom is -0.508 e. The van der Waals surface area contributed by atoms with E-state index in [0.29, 0.717) is 24.3 Å². The van der Waals surface area contributed by atoms with Gasteiger partial charge in [-0.1, -0.05) is 18.2 Å². The Morgan fingerprint density at radius 2 is 2.00 bits per heavy atom. The number of hydrogen-bond acceptors (Lipinski definition) is 6. The molecule has 0 fully saturated rings. The van der Waals surface area contributed by atoms with Gasteiger partial charge in [-0.15, -0.1) is 0 Å². The zero-order chi connectivity index (χ0) is 18.2. The third-order valence-electron chi connectivity index (χ3n) is 3.44. The topological polar surface area (TPSA) is 117 Å². The Morgan fingerprint density at radius 3 is 2.68 bits per heavy atom. The Labute approximate surface area is 145 Å². The van der Waals surface area contributed by atoms with E-state index in [-0.39, 0.29) is 11.5 Å². The maximum absolute atomic E-state index is 12.0. The predicted octanol–water partition coefficient (Wildman–Crippen LogP) is 1.52. The second-order valence-corrected chi connectivity index (χ2v) is 5.34. The molecule has 0 aliphatic carbocycles. The van der Waals surface area contributed by atoms with Crippen LogP contribution in [0.1, 0.15) is 18.1 Å². The summed E-state index contributed by atoms with van der Waals surface area (Å²) < 4.78 is 5.28. The van der Waals surface area contributed by atoms with Gasteiger partial charge in [0.15, 0.2) is 11.5 Å². The van der Waals surface area contributed by atoms with Crippen molar-refractivity contribution in [3.05, 3.63) is 53.6 Å². The van der Waals surface area contributed by atoms with Crippen molar-refractivity contribution in [2.45, 2.75) is 19.4 Å². The number of phenols is 2. The van der Waals surface area contributed by atoms with Crippen LogP contribution in [0.4, 0.5) is 0 Å². The lowest BCUT2D eigenvalue weighted by atomic mass is 10.1. The third-order valence-corrected chi connectivity index (χ3v) is 3.44. The molecule has 0 saturated carbocycles. The van der Waals surface area contributed by atoms with Crippen LogP contribution in [0.15, 0.2) is 47.6 Å². The van der Waals surface area contributed by atoms with Gasteiger partial charge in [-0.25, -0.2) is 5.43 Å². The van der Waals surface area contributed by atoms with Crippen molar-refractivity contribution in [1.82, 2.24) is 5.43 Å². The third kappa shape index (κ3) is 5.22. The molecule has 0 saturated heterocycles. The van der Waals surface area contributed by atoms with E-state index < -0.39 is 11.9 Å². The van der Waals surface area contributed by atoms with Crippen LogP contribution in [0.3, 0.4) is 0 Å². The molecule has 2 aromatic carbocycles. The molecule has 0 heterocycles. The number of benzene rings is 2. The highest BCUT2D eigenvalue weighted by Crippen LogP contribution is 2.28. The predicted molar refractivity (Wildman–Crippen MR) is 94.8 cm³/mol. The van der Waals surface area contributed by atoms with Gasteiger partial charge in [-0.2, -0.15) is 5.10 Å². The smallest absolute Gasteiger partial charge is 0.257 e. The molecule has 0 aromatic heterocycles. The van der Waals surface area contributed by atoms with Gasteiger partial charge in [0.05, 0.1) is 18.9 Å². The van der Waals surface area contributed by atoms with E-state index in [1.807, 2.05) is 6.92 Å². The van der Waals surface area contributed by atoms with Crippen LogP contribution < -0.4 is 15.9 Å². The summed E-state index contributed by atoms with van der Waals surface area (Å²) in [6, 6.07) is 10.7. The van der Waals surface area contributed by atoms with Crippen LogP contribution >= 0.6 is 0 Å². The number of hydrazone groups is 1. The van der Waals surface area contributed by atoms with Crippen molar-refractivity contribution in [1.29, 1.82) is 0 Å². The molecule has 0 aliphatic heterocycles. The number of para-hydroxylation sites is 1. The van der Waals surface area contributed by atoms with Crippen molar-refractivity contribution in [2.24, 2.45) is 10.8 Å². The van der Waals surface area contributed by atoms with E-state index in [4.69, 9.17) is 10.5 Å². The number of amides is 1. The first-order chi connectivity index (χ1) is 12.0. The Balaban J connectivity index is 1.93. The van der Waals surface area contributed by atoms with Crippen LogP contribution in [0.5, 0.6) is 17.2 Å². The molecular weight excluding hydrogens is 322 g/mol. The first-order valence-corrected chi connectivity index (χ1v) is 7.82. The highest BCUT2D eigenvalue weighted by atomic mass is 16.5. The quantitative estimate of drug-likeness (QED) is 0.449. The first-order valence-electron chi connectivity index (χ1n) is 7.82. The lowest BCUT2D eigenvalue weighted by Gasteiger charge is -2.10. The number of carbonyl (C=O) groups excluding carboxylic acids is 1. The summed E-state index contributed by atoms with van der Waals surface area (Å²) >= 11 is 0. The van der Waals surface area contributed by atoms with Crippen molar-refractivity contribution >= 4 is 12.1 Å². The number of nitrogens with zero attached hydrogens (tertiary/aromatic N) is 1. The highest BCUT2D eigenvalue weighted by Gasteiger charge is 2.13. The van der Waals surface area contributed by atoms with Gasteiger partial charge in [0.1, 0.15) is 5.75 Å². The number of nitrogens with two attached hydrogens (primary N) is 1. The van der Waals surface area contributed by atoms with Gasteiger partial charge in [0.25, 0.3) is 5.91 Å². The number of carbonyl (C=O) groups is 1. The molecule has 7 heteroatoms. The SMILES string of the molecule is CCOc1cccc(/C=N/NC(=O)C(N)Cc2ccc(O)cc2)c1O. The van der Waals surface area contributed by atoms with Gasteiger partial charge < -0.3 is 20.7 Å². The van der Waals surface area contributed by atoms with Gasteiger partial charge in [0, 0.05) is 5.56 Å². The molecule has 1 amide bonds. The van der Waals surface area contributed by atoms with Crippen LogP contribution in [-0.4, -0.2) is 35.0 Å².